The van der Waals surface area contributed by atoms with Crippen LogP contribution in [-0.2, 0) is 13.1 Å². The van der Waals surface area contributed by atoms with Gasteiger partial charge in [-0.1, -0.05) is 41.1 Å². The van der Waals surface area contributed by atoms with Crippen LogP contribution < -0.4 is 5.32 Å². The first-order valence-corrected chi connectivity index (χ1v) is 9.87. The molecule has 0 radical (unpaired) electrons. The maximum absolute atomic E-state index is 13.8. The van der Waals surface area contributed by atoms with Crippen LogP contribution in [0.3, 0.4) is 0 Å². The minimum absolute atomic E-state index is 0.0696. The Hall–Kier alpha value is -3.81. The molecule has 0 atom stereocenters. The highest BCUT2D eigenvalue weighted by Gasteiger charge is 2.19. The number of aryl methyl sites for hydroxylation is 2. The minimum Gasteiger partial charge on any atom is -0.441 e. The van der Waals surface area contributed by atoms with Crippen LogP contribution in [0.5, 0.6) is 0 Å². The Kier molecular flexibility index (Phi) is 5.62. The molecule has 31 heavy (non-hydrogen) atoms. The molecule has 0 aliphatic carbocycles. The predicted molar refractivity (Wildman–Crippen MR) is 113 cm³/mol. The summed E-state index contributed by atoms with van der Waals surface area (Å²) < 4.78 is 21.2. The van der Waals surface area contributed by atoms with E-state index >= 15 is 0 Å². The van der Waals surface area contributed by atoms with Crippen molar-refractivity contribution in [3.8, 4) is 11.5 Å². The van der Waals surface area contributed by atoms with Crippen molar-refractivity contribution < 1.29 is 13.6 Å². The van der Waals surface area contributed by atoms with E-state index in [-0.39, 0.29) is 18.1 Å². The highest BCUT2D eigenvalue weighted by molar-refractivity contribution is 5.93. The number of halogens is 1. The summed E-state index contributed by atoms with van der Waals surface area (Å²) in [5, 5.41) is 10.8. The van der Waals surface area contributed by atoms with Crippen molar-refractivity contribution in [2.24, 2.45) is 0 Å². The van der Waals surface area contributed by atoms with E-state index in [4.69, 9.17) is 4.42 Å². The van der Waals surface area contributed by atoms with Crippen LogP contribution in [-0.4, -0.2) is 25.9 Å². The molecule has 4 rings (SSSR count). The first kappa shape index (κ1) is 20.5. The molecule has 0 saturated carbocycles. The SMILES string of the molecule is Cc1ccc(-c2nc(Cn3nnc(C(=O)NCc4ccccc4F)c3C)c(C)o2)cc1. The fourth-order valence-corrected chi connectivity index (χ4v) is 3.16. The lowest BCUT2D eigenvalue weighted by atomic mass is 10.1. The van der Waals surface area contributed by atoms with Gasteiger partial charge in [0.15, 0.2) is 5.69 Å². The molecule has 1 amide bonds. The molecule has 0 bridgehead atoms. The van der Waals surface area contributed by atoms with Crippen molar-refractivity contribution in [1.82, 2.24) is 25.3 Å². The lowest BCUT2D eigenvalue weighted by Crippen LogP contribution is -2.24. The Morgan fingerprint density at radius 2 is 1.84 bits per heavy atom. The molecule has 1 N–H and O–H groups in total. The molecule has 4 aromatic rings. The van der Waals surface area contributed by atoms with Gasteiger partial charge in [-0.2, -0.15) is 0 Å². The molecule has 158 valence electrons. The van der Waals surface area contributed by atoms with E-state index in [0.29, 0.717) is 35.1 Å². The Bertz CT molecular complexity index is 1230. The lowest BCUT2D eigenvalue weighted by molar-refractivity contribution is 0.0945. The molecule has 0 aliphatic rings. The number of nitrogens with one attached hydrogen (secondary N) is 1. The summed E-state index contributed by atoms with van der Waals surface area (Å²) in [5.41, 5.74) is 3.95. The van der Waals surface area contributed by atoms with Crippen molar-refractivity contribution in [3.63, 3.8) is 0 Å². The quantitative estimate of drug-likeness (QED) is 0.511. The second-order valence-electron chi connectivity index (χ2n) is 7.34. The molecular weight excluding hydrogens is 397 g/mol. The topological polar surface area (TPSA) is 85.8 Å². The molecule has 2 aromatic carbocycles. The minimum atomic E-state index is -0.413. The summed E-state index contributed by atoms with van der Waals surface area (Å²) in [4.78, 5) is 17.1. The van der Waals surface area contributed by atoms with E-state index in [9.17, 15) is 9.18 Å². The van der Waals surface area contributed by atoms with Gasteiger partial charge in [0, 0.05) is 17.7 Å². The third-order valence-electron chi connectivity index (χ3n) is 5.09. The van der Waals surface area contributed by atoms with Gasteiger partial charge in [-0.15, -0.1) is 5.10 Å². The molecule has 2 heterocycles. The van der Waals surface area contributed by atoms with Gasteiger partial charge in [0.25, 0.3) is 5.91 Å². The highest BCUT2D eigenvalue weighted by Crippen LogP contribution is 2.23. The standard InChI is InChI=1S/C23H22FN5O2/c1-14-8-10-17(11-9-14)23-26-20(16(3)31-23)13-29-15(2)21(27-28-29)22(30)25-12-18-6-4-5-7-19(18)24/h4-11H,12-13H2,1-3H3,(H,25,30). The van der Waals surface area contributed by atoms with Crippen LogP contribution in [0.2, 0.25) is 0 Å². The summed E-state index contributed by atoms with van der Waals surface area (Å²) in [6.07, 6.45) is 0. The van der Waals surface area contributed by atoms with E-state index < -0.39 is 5.91 Å². The Morgan fingerprint density at radius 3 is 2.58 bits per heavy atom. The number of oxazole rings is 1. The number of hydrogen-bond donors (Lipinski definition) is 1. The molecule has 0 spiro atoms. The van der Waals surface area contributed by atoms with Crippen molar-refractivity contribution >= 4 is 5.91 Å². The van der Waals surface area contributed by atoms with E-state index in [2.05, 4.69) is 20.6 Å². The average Bonchev–Trinajstić information content (AvgIpc) is 3.31. The van der Waals surface area contributed by atoms with Crippen LogP contribution in [0.25, 0.3) is 11.5 Å². The number of amides is 1. The second kappa shape index (κ2) is 8.51. The summed E-state index contributed by atoms with van der Waals surface area (Å²) >= 11 is 0. The van der Waals surface area contributed by atoms with Crippen molar-refractivity contribution in [2.45, 2.75) is 33.9 Å². The Morgan fingerprint density at radius 1 is 1.10 bits per heavy atom. The van der Waals surface area contributed by atoms with Crippen LogP contribution in [0, 0.1) is 26.6 Å². The molecule has 7 nitrogen and oxygen atoms in total. The zero-order chi connectivity index (χ0) is 22.0. The second-order valence-corrected chi connectivity index (χ2v) is 7.34. The van der Waals surface area contributed by atoms with Crippen molar-refractivity contribution in [1.29, 1.82) is 0 Å². The number of aromatic nitrogens is 4. The first-order chi connectivity index (χ1) is 14.9. The molecular formula is C23H22FN5O2. The Balaban J connectivity index is 1.48. The predicted octanol–water partition coefficient (Wildman–Crippen LogP) is 3.98. The smallest absolute Gasteiger partial charge is 0.274 e. The lowest BCUT2D eigenvalue weighted by Gasteiger charge is -2.05. The van der Waals surface area contributed by atoms with Gasteiger partial charge in [0.2, 0.25) is 5.89 Å². The van der Waals surface area contributed by atoms with Gasteiger partial charge in [-0.3, -0.25) is 4.79 Å². The normalized spacial score (nSPS) is 11.0. The van der Waals surface area contributed by atoms with E-state index in [1.165, 1.54) is 6.07 Å². The maximum Gasteiger partial charge on any atom is 0.274 e. The zero-order valence-corrected chi connectivity index (χ0v) is 17.5. The van der Waals surface area contributed by atoms with Crippen LogP contribution >= 0.6 is 0 Å². The summed E-state index contributed by atoms with van der Waals surface area (Å²) in [6, 6.07) is 14.2. The number of nitrogens with zero attached hydrogens (tertiary/aromatic N) is 4. The highest BCUT2D eigenvalue weighted by atomic mass is 19.1. The molecule has 2 aromatic heterocycles. The molecule has 0 unspecified atom stereocenters. The van der Waals surface area contributed by atoms with Gasteiger partial charge < -0.3 is 9.73 Å². The average molecular weight is 419 g/mol. The third-order valence-corrected chi connectivity index (χ3v) is 5.09. The fourth-order valence-electron chi connectivity index (χ4n) is 3.16. The molecule has 0 saturated heterocycles. The van der Waals surface area contributed by atoms with Gasteiger partial charge in [0.05, 0.1) is 12.2 Å². The zero-order valence-electron chi connectivity index (χ0n) is 17.5. The van der Waals surface area contributed by atoms with Crippen LogP contribution in [0.15, 0.2) is 52.9 Å². The summed E-state index contributed by atoms with van der Waals surface area (Å²) in [7, 11) is 0. The largest absolute Gasteiger partial charge is 0.441 e. The van der Waals surface area contributed by atoms with E-state index in [1.807, 2.05) is 38.1 Å². The van der Waals surface area contributed by atoms with Crippen molar-refractivity contribution in [3.05, 3.63) is 88.3 Å². The van der Waals surface area contributed by atoms with Crippen LogP contribution in [0.4, 0.5) is 4.39 Å². The van der Waals surface area contributed by atoms with Gasteiger partial charge in [-0.25, -0.2) is 14.1 Å². The number of hydrogen-bond acceptors (Lipinski definition) is 5. The maximum atomic E-state index is 13.8. The van der Waals surface area contributed by atoms with Gasteiger partial charge >= 0.3 is 0 Å². The number of benzene rings is 2. The number of carbonyl (C=O) groups is 1. The Labute approximate surface area is 178 Å². The summed E-state index contributed by atoms with van der Waals surface area (Å²) in [6.45, 7) is 6.01. The first-order valence-electron chi connectivity index (χ1n) is 9.87. The van der Waals surface area contributed by atoms with E-state index in [1.54, 1.807) is 29.8 Å². The van der Waals surface area contributed by atoms with Gasteiger partial charge in [-0.05, 0) is 39.0 Å². The van der Waals surface area contributed by atoms with Crippen LogP contribution in [0.1, 0.15) is 38.8 Å². The van der Waals surface area contributed by atoms with Gasteiger partial charge in [0.1, 0.15) is 17.3 Å². The molecule has 0 aliphatic heterocycles. The number of carbonyl (C=O) groups excluding carboxylic acids is 1. The monoisotopic (exact) mass is 419 g/mol. The molecule has 8 heteroatoms. The number of rotatable bonds is 6. The van der Waals surface area contributed by atoms with E-state index in [0.717, 1.165) is 11.1 Å². The fraction of sp³-hybridized carbons (Fsp3) is 0.217. The third kappa shape index (κ3) is 4.37. The summed E-state index contributed by atoms with van der Waals surface area (Å²) in [5.74, 6) is 0.433. The van der Waals surface area contributed by atoms with Crippen molar-refractivity contribution in [2.75, 3.05) is 0 Å². The molecule has 0 fully saturated rings.